The first-order valence-electron chi connectivity index (χ1n) is 13.2. The molecule has 3 heterocycles. The molecule has 1 aromatic rings. The number of benzene rings is 1. The number of hydrogen-bond donors (Lipinski definition) is 1. The van der Waals surface area contributed by atoms with E-state index in [0.29, 0.717) is 56.9 Å². The van der Waals surface area contributed by atoms with Crippen LogP contribution in [0, 0.1) is 5.92 Å². The molecular weight excluding hydrogens is 568 g/mol. The summed E-state index contributed by atoms with van der Waals surface area (Å²) in [6.45, 7) is 3.30. The summed E-state index contributed by atoms with van der Waals surface area (Å²) in [6.07, 6.45) is -13.6. The standard InChI is InChI=1S/C26H32ClF6N3O4/c27-20-13-17(15-34-8-2-19(3-9-34)21(37)38)12-18(14-20)16-36-7-1-4-24(36)5-10-35(11-6-24)23(39)40-22(25(28,29)30)26(31,32)33/h12-14,19,22H,1-11,15-16H2,(H,37,38). The third kappa shape index (κ3) is 7.33. The Kier molecular flexibility index (Phi) is 9.16. The lowest BCUT2D eigenvalue weighted by Gasteiger charge is -2.45. The molecule has 0 atom stereocenters. The van der Waals surface area contributed by atoms with Gasteiger partial charge in [0.05, 0.1) is 5.92 Å². The molecule has 3 aliphatic heterocycles. The first kappa shape index (κ1) is 30.7. The van der Waals surface area contributed by atoms with Gasteiger partial charge < -0.3 is 14.7 Å². The first-order valence-corrected chi connectivity index (χ1v) is 13.6. The SMILES string of the molecule is O=C(O)C1CCN(Cc2cc(Cl)cc(CN3CCCC34CCN(C(=O)OC(C(F)(F)F)C(F)(F)F)CC4)c2)CC1. The van der Waals surface area contributed by atoms with Gasteiger partial charge in [0.15, 0.2) is 0 Å². The Bertz CT molecular complexity index is 1060. The number of aliphatic carboxylic acids is 1. The van der Waals surface area contributed by atoms with E-state index in [4.69, 9.17) is 11.6 Å². The number of carboxylic acids is 1. The normalized spacial score (nSPS) is 21.4. The number of hydrogen-bond acceptors (Lipinski definition) is 5. The Morgan fingerprint density at radius 2 is 1.50 bits per heavy atom. The maximum absolute atomic E-state index is 12.8. The molecule has 4 rings (SSSR count). The van der Waals surface area contributed by atoms with Crippen molar-refractivity contribution in [3.05, 3.63) is 34.3 Å². The van der Waals surface area contributed by atoms with Gasteiger partial charge in [-0.15, -0.1) is 0 Å². The zero-order chi connectivity index (χ0) is 29.3. The van der Waals surface area contributed by atoms with E-state index in [9.17, 15) is 41.0 Å². The molecule has 0 aliphatic carbocycles. The predicted octanol–water partition coefficient (Wildman–Crippen LogP) is 5.70. The summed E-state index contributed by atoms with van der Waals surface area (Å²) in [4.78, 5) is 28.8. The molecule has 0 bridgehead atoms. The van der Waals surface area contributed by atoms with E-state index in [1.807, 2.05) is 12.1 Å². The van der Waals surface area contributed by atoms with E-state index in [1.165, 1.54) is 0 Å². The fourth-order valence-electron chi connectivity index (χ4n) is 6.12. The van der Waals surface area contributed by atoms with Crippen molar-refractivity contribution in [2.75, 3.05) is 32.7 Å². The molecule has 0 unspecified atom stereocenters. The highest BCUT2D eigenvalue weighted by Gasteiger charge is 2.60. The third-order valence-electron chi connectivity index (χ3n) is 8.24. The summed E-state index contributed by atoms with van der Waals surface area (Å²) in [5.41, 5.74) is 1.65. The average Bonchev–Trinajstić information content (AvgIpc) is 3.22. The molecule has 1 amide bonds. The summed E-state index contributed by atoms with van der Waals surface area (Å²) in [7, 11) is 0. The number of halogens is 7. The molecule has 7 nitrogen and oxygen atoms in total. The molecular formula is C26H32ClF6N3O4. The fraction of sp³-hybridized carbons (Fsp3) is 0.692. The van der Waals surface area contributed by atoms with Gasteiger partial charge in [0.2, 0.25) is 0 Å². The number of alkyl halides is 6. The van der Waals surface area contributed by atoms with Gasteiger partial charge in [0.1, 0.15) is 0 Å². The summed E-state index contributed by atoms with van der Waals surface area (Å²) in [6, 6.07) is 5.81. The second-order valence-corrected chi connectivity index (χ2v) is 11.4. The number of carboxylic acid groups (broad SMARTS) is 1. The zero-order valence-corrected chi connectivity index (χ0v) is 22.5. The van der Waals surface area contributed by atoms with Gasteiger partial charge in [-0.2, -0.15) is 26.3 Å². The van der Waals surface area contributed by atoms with Crippen LogP contribution in [0.2, 0.25) is 5.02 Å². The van der Waals surface area contributed by atoms with Gasteiger partial charge in [0.25, 0.3) is 6.10 Å². The maximum Gasteiger partial charge on any atom is 0.434 e. The molecule has 0 radical (unpaired) electrons. The van der Waals surface area contributed by atoms with Crippen LogP contribution in [0.25, 0.3) is 0 Å². The van der Waals surface area contributed by atoms with Crippen LogP contribution in [0.3, 0.4) is 0 Å². The lowest BCUT2D eigenvalue weighted by atomic mass is 9.85. The van der Waals surface area contributed by atoms with Crippen LogP contribution in [0.5, 0.6) is 0 Å². The van der Waals surface area contributed by atoms with Gasteiger partial charge in [-0.25, -0.2) is 4.79 Å². The number of ether oxygens (including phenoxy) is 1. The van der Waals surface area contributed by atoms with E-state index in [1.54, 1.807) is 0 Å². The summed E-state index contributed by atoms with van der Waals surface area (Å²) in [5.74, 6) is -1.08. The van der Waals surface area contributed by atoms with Crippen LogP contribution in [0.4, 0.5) is 31.1 Å². The van der Waals surface area contributed by atoms with E-state index in [-0.39, 0.29) is 24.5 Å². The van der Waals surface area contributed by atoms with Crippen molar-refractivity contribution in [2.24, 2.45) is 5.92 Å². The molecule has 3 aliphatic rings. The lowest BCUT2D eigenvalue weighted by Crippen LogP contribution is -2.54. The van der Waals surface area contributed by atoms with Crippen molar-refractivity contribution < 1.29 is 45.8 Å². The van der Waals surface area contributed by atoms with Gasteiger partial charge >= 0.3 is 24.4 Å². The van der Waals surface area contributed by atoms with E-state index in [0.717, 1.165) is 35.4 Å². The number of carbonyl (C=O) groups excluding carboxylic acids is 1. The molecule has 40 heavy (non-hydrogen) atoms. The van der Waals surface area contributed by atoms with Crippen molar-refractivity contribution in [3.63, 3.8) is 0 Å². The summed E-state index contributed by atoms with van der Waals surface area (Å²) in [5, 5.41) is 9.79. The summed E-state index contributed by atoms with van der Waals surface area (Å²) < 4.78 is 80.8. The number of piperidine rings is 2. The Morgan fingerprint density at radius 1 is 0.925 bits per heavy atom. The van der Waals surface area contributed by atoms with Crippen LogP contribution < -0.4 is 0 Å². The van der Waals surface area contributed by atoms with Gasteiger partial charge in [0, 0.05) is 36.7 Å². The van der Waals surface area contributed by atoms with Crippen molar-refractivity contribution in [3.8, 4) is 0 Å². The van der Waals surface area contributed by atoms with Gasteiger partial charge in [-0.3, -0.25) is 14.6 Å². The first-order chi connectivity index (χ1) is 18.7. The van der Waals surface area contributed by atoms with Crippen LogP contribution in [0.15, 0.2) is 18.2 Å². The maximum atomic E-state index is 12.8. The minimum atomic E-state index is -5.75. The number of amides is 1. The average molecular weight is 600 g/mol. The molecule has 0 aromatic heterocycles. The minimum Gasteiger partial charge on any atom is -0.481 e. The highest BCUT2D eigenvalue weighted by Crippen LogP contribution is 2.41. The van der Waals surface area contributed by atoms with Crippen molar-refractivity contribution in [2.45, 2.75) is 75.6 Å². The highest BCUT2D eigenvalue weighted by atomic mass is 35.5. The Labute approximate surface area is 233 Å². The fourth-order valence-corrected chi connectivity index (χ4v) is 6.40. The molecule has 3 fully saturated rings. The van der Waals surface area contributed by atoms with Gasteiger partial charge in [-0.1, -0.05) is 17.7 Å². The molecule has 0 saturated carbocycles. The van der Waals surface area contributed by atoms with Crippen LogP contribution >= 0.6 is 11.6 Å². The highest BCUT2D eigenvalue weighted by molar-refractivity contribution is 6.30. The Morgan fingerprint density at radius 3 is 2.05 bits per heavy atom. The molecule has 1 N–H and O–H groups in total. The quantitative estimate of drug-likeness (QED) is 0.423. The Hall–Kier alpha value is -2.25. The van der Waals surface area contributed by atoms with Crippen molar-refractivity contribution in [1.29, 1.82) is 0 Å². The number of likely N-dealkylation sites (tertiary alicyclic amines) is 3. The third-order valence-corrected chi connectivity index (χ3v) is 8.46. The minimum absolute atomic E-state index is 0.00907. The largest absolute Gasteiger partial charge is 0.481 e. The van der Waals surface area contributed by atoms with Gasteiger partial charge in [-0.05, 0) is 81.4 Å². The zero-order valence-electron chi connectivity index (χ0n) is 21.7. The summed E-state index contributed by atoms with van der Waals surface area (Å²) >= 11 is 6.42. The van der Waals surface area contributed by atoms with E-state index >= 15 is 0 Å². The molecule has 1 spiro atoms. The second-order valence-electron chi connectivity index (χ2n) is 10.9. The van der Waals surface area contributed by atoms with Crippen molar-refractivity contribution in [1.82, 2.24) is 14.7 Å². The molecule has 14 heteroatoms. The Balaban J connectivity index is 1.36. The predicted molar refractivity (Wildman–Crippen MR) is 133 cm³/mol. The van der Waals surface area contributed by atoms with E-state index < -0.39 is 30.5 Å². The van der Waals surface area contributed by atoms with Crippen LogP contribution in [0.1, 0.15) is 49.7 Å². The topological polar surface area (TPSA) is 73.3 Å². The molecule has 3 saturated heterocycles. The number of rotatable bonds is 6. The molecule has 1 aromatic carbocycles. The monoisotopic (exact) mass is 599 g/mol. The van der Waals surface area contributed by atoms with Crippen LogP contribution in [-0.2, 0) is 22.6 Å². The number of nitrogens with zero attached hydrogens (tertiary/aromatic N) is 3. The second kappa shape index (κ2) is 11.9. The van der Waals surface area contributed by atoms with E-state index in [2.05, 4.69) is 20.6 Å². The lowest BCUT2D eigenvalue weighted by molar-refractivity contribution is -0.308. The molecule has 224 valence electrons. The van der Waals surface area contributed by atoms with Crippen LogP contribution in [-0.4, -0.2) is 88.6 Å². The van der Waals surface area contributed by atoms with Crippen molar-refractivity contribution >= 4 is 23.7 Å². The smallest absolute Gasteiger partial charge is 0.434 e. The number of carbonyl (C=O) groups is 2.